The average Bonchev–Trinajstić information content (AvgIpc) is 2.34. The minimum absolute atomic E-state index is 0.303. The number of hydrogen-bond donors (Lipinski definition) is 2. The van der Waals surface area contributed by atoms with E-state index in [1.807, 2.05) is 0 Å². The van der Waals surface area contributed by atoms with Crippen molar-refractivity contribution in [1.82, 2.24) is 0 Å². The highest BCUT2D eigenvalue weighted by Crippen LogP contribution is 2.51. The van der Waals surface area contributed by atoms with Crippen molar-refractivity contribution >= 4 is 0 Å². The standard InChI is InChI=1S/C19H38N2/c1-18(2,3)17(13-6-9-15(20)10-7-13)14-8-11-16(21)19(4,5)12-14/h13-17H,6-12,20-21H2,1-5H3. The van der Waals surface area contributed by atoms with Crippen LogP contribution < -0.4 is 11.5 Å². The number of rotatable bonds is 2. The largest absolute Gasteiger partial charge is 0.328 e. The lowest BCUT2D eigenvalue weighted by molar-refractivity contribution is 0.00870. The van der Waals surface area contributed by atoms with E-state index in [-0.39, 0.29) is 0 Å². The van der Waals surface area contributed by atoms with E-state index in [1.165, 1.54) is 44.9 Å². The molecular formula is C19H38N2. The van der Waals surface area contributed by atoms with E-state index in [9.17, 15) is 0 Å². The third kappa shape index (κ3) is 4.01. The van der Waals surface area contributed by atoms with Gasteiger partial charge in [0.25, 0.3) is 0 Å². The summed E-state index contributed by atoms with van der Waals surface area (Å²) in [7, 11) is 0. The van der Waals surface area contributed by atoms with Gasteiger partial charge in [0, 0.05) is 12.1 Å². The molecule has 0 aromatic heterocycles. The Morgan fingerprint density at radius 3 is 1.86 bits per heavy atom. The molecule has 2 nitrogen and oxygen atoms in total. The minimum atomic E-state index is 0.303. The van der Waals surface area contributed by atoms with Crippen LogP contribution in [0.2, 0.25) is 0 Å². The molecule has 21 heavy (non-hydrogen) atoms. The molecule has 2 rings (SSSR count). The van der Waals surface area contributed by atoms with E-state index in [4.69, 9.17) is 11.5 Å². The first-order valence-corrected chi connectivity index (χ1v) is 9.12. The third-order valence-electron chi connectivity index (χ3n) is 6.47. The fourth-order valence-corrected chi connectivity index (χ4v) is 5.32. The monoisotopic (exact) mass is 294 g/mol. The molecule has 0 radical (unpaired) electrons. The summed E-state index contributed by atoms with van der Waals surface area (Å²) in [6.45, 7) is 12.1. The fourth-order valence-electron chi connectivity index (χ4n) is 5.32. The van der Waals surface area contributed by atoms with Crippen LogP contribution in [-0.2, 0) is 0 Å². The zero-order valence-electron chi connectivity index (χ0n) is 15.0. The van der Waals surface area contributed by atoms with Gasteiger partial charge >= 0.3 is 0 Å². The van der Waals surface area contributed by atoms with Gasteiger partial charge in [0.15, 0.2) is 0 Å². The molecule has 3 unspecified atom stereocenters. The molecule has 0 heterocycles. The van der Waals surface area contributed by atoms with Gasteiger partial charge in [-0.2, -0.15) is 0 Å². The Hall–Kier alpha value is -0.0800. The van der Waals surface area contributed by atoms with E-state index < -0.39 is 0 Å². The molecule has 2 heteroatoms. The smallest absolute Gasteiger partial charge is 0.00904 e. The average molecular weight is 295 g/mol. The van der Waals surface area contributed by atoms with Gasteiger partial charge in [-0.3, -0.25) is 0 Å². The van der Waals surface area contributed by atoms with Crippen molar-refractivity contribution in [1.29, 1.82) is 0 Å². The van der Waals surface area contributed by atoms with Gasteiger partial charge in [0.1, 0.15) is 0 Å². The van der Waals surface area contributed by atoms with Crippen LogP contribution in [-0.4, -0.2) is 12.1 Å². The molecule has 0 aromatic carbocycles. The summed E-state index contributed by atoms with van der Waals surface area (Å²) in [5, 5.41) is 0. The molecule has 0 aliphatic heterocycles. The second-order valence-corrected chi connectivity index (χ2v) is 9.70. The zero-order chi connectivity index (χ0) is 15.8. The molecule has 2 fully saturated rings. The molecule has 0 amide bonds. The molecule has 0 bridgehead atoms. The van der Waals surface area contributed by atoms with Gasteiger partial charge in [-0.05, 0) is 73.5 Å². The predicted octanol–water partition coefficient (Wildman–Crippen LogP) is 4.32. The number of hydrogen-bond acceptors (Lipinski definition) is 2. The van der Waals surface area contributed by atoms with Crippen LogP contribution in [0, 0.1) is 28.6 Å². The second-order valence-electron chi connectivity index (χ2n) is 9.70. The maximum atomic E-state index is 6.36. The quantitative estimate of drug-likeness (QED) is 0.797. The molecule has 2 aliphatic rings. The SMILES string of the molecule is CC(C)(C)C(C1CCC(N)CC1)C1CCC(N)C(C)(C)C1. The van der Waals surface area contributed by atoms with Gasteiger partial charge in [-0.25, -0.2) is 0 Å². The van der Waals surface area contributed by atoms with Gasteiger partial charge in [-0.15, -0.1) is 0 Å². The molecule has 2 saturated carbocycles. The Kier molecular flexibility index (Phi) is 5.10. The molecule has 124 valence electrons. The van der Waals surface area contributed by atoms with Crippen molar-refractivity contribution < 1.29 is 0 Å². The van der Waals surface area contributed by atoms with Crippen LogP contribution in [0.5, 0.6) is 0 Å². The van der Waals surface area contributed by atoms with Crippen molar-refractivity contribution in [2.24, 2.45) is 40.1 Å². The maximum absolute atomic E-state index is 6.36. The molecule has 2 aliphatic carbocycles. The van der Waals surface area contributed by atoms with Gasteiger partial charge in [0.2, 0.25) is 0 Å². The molecule has 0 spiro atoms. The molecular weight excluding hydrogens is 256 g/mol. The maximum Gasteiger partial charge on any atom is 0.00904 e. The van der Waals surface area contributed by atoms with Crippen molar-refractivity contribution in [3.63, 3.8) is 0 Å². The van der Waals surface area contributed by atoms with Crippen LogP contribution >= 0.6 is 0 Å². The van der Waals surface area contributed by atoms with E-state index in [2.05, 4.69) is 34.6 Å². The van der Waals surface area contributed by atoms with Crippen molar-refractivity contribution in [2.45, 2.75) is 91.6 Å². The second kappa shape index (κ2) is 6.20. The van der Waals surface area contributed by atoms with E-state index in [0.29, 0.717) is 22.9 Å². The van der Waals surface area contributed by atoms with Gasteiger partial charge < -0.3 is 11.5 Å². The van der Waals surface area contributed by atoms with E-state index in [1.54, 1.807) is 0 Å². The summed E-state index contributed by atoms with van der Waals surface area (Å²) in [5.74, 6) is 2.55. The Morgan fingerprint density at radius 1 is 0.857 bits per heavy atom. The molecule has 0 aromatic rings. The summed E-state index contributed by atoms with van der Waals surface area (Å²) >= 11 is 0. The Balaban J connectivity index is 2.13. The van der Waals surface area contributed by atoms with Crippen LogP contribution in [0.1, 0.15) is 79.6 Å². The van der Waals surface area contributed by atoms with Crippen molar-refractivity contribution in [3.05, 3.63) is 0 Å². The molecule has 0 saturated heterocycles. The highest BCUT2D eigenvalue weighted by Gasteiger charge is 2.44. The van der Waals surface area contributed by atoms with Crippen molar-refractivity contribution in [3.8, 4) is 0 Å². The Bertz CT molecular complexity index is 334. The summed E-state index contributed by atoms with van der Waals surface area (Å²) in [6.07, 6.45) is 8.97. The molecule has 4 N–H and O–H groups in total. The van der Waals surface area contributed by atoms with Crippen LogP contribution in [0.4, 0.5) is 0 Å². The lowest BCUT2D eigenvalue weighted by Crippen LogP contribution is -2.47. The fraction of sp³-hybridized carbons (Fsp3) is 1.00. The lowest BCUT2D eigenvalue weighted by Gasteiger charge is -2.50. The van der Waals surface area contributed by atoms with Crippen molar-refractivity contribution in [2.75, 3.05) is 0 Å². The van der Waals surface area contributed by atoms with Gasteiger partial charge in [-0.1, -0.05) is 34.6 Å². The summed E-state index contributed by atoms with van der Waals surface area (Å²) in [4.78, 5) is 0. The minimum Gasteiger partial charge on any atom is -0.328 e. The summed E-state index contributed by atoms with van der Waals surface area (Å²) in [6, 6.07) is 0.840. The first-order chi connectivity index (χ1) is 9.61. The first-order valence-electron chi connectivity index (χ1n) is 9.12. The topological polar surface area (TPSA) is 52.0 Å². The highest BCUT2D eigenvalue weighted by atomic mass is 14.7. The summed E-state index contributed by atoms with van der Waals surface area (Å²) in [5.41, 5.74) is 13.2. The lowest BCUT2D eigenvalue weighted by atomic mass is 9.56. The Labute approximate surface area is 132 Å². The normalized spacial score (nSPS) is 39.0. The zero-order valence-corrected chi connectivity index (χ0v) is 15.0. The van der Waals surface area contributed by atoms with Crippen LogP contribution in [0.15, 0.2) is 0 Å². The van der Waals surface area contributed by atoms with Crippen LogP contribution in [0.25, 0.3) is 0 Å². The van der Waals surface area contributed by atoms with Gasteiger partial charge in [0.05, 0.1) is 0 Å². The molecule has 3 atom stereocenters. The summed E-state index contributed by atoms with van der Waals surface area (Å²) < 4.78 is 0. The first kappa shape index (κ1) is 17.3. The van der Waals surface area contributed by atoms with Crippen LogP contribution in [0.3, 0.4) is 0 Å². The highest BCUT2D eigenvalue weighted by molar-refractivity contribution is 4.96. The van der Waals surface area contributed by atoms with E-state index >= 15 is 0 Å². The number of nitrogens with two attached hydrogens (primary N) is 2. The van der Waals surface area contributed by atoms with E-state index in [0.717, 1.165) is 17.8 Å². The third-order valence-corrected chi connectivity index (χ3v) is 6.47. The predicted molar refractivity (Wildman–Crippen MR) is 92.0 cm³/mol. The Morgan fingerprint density at radius 2 is 1.38 bits per heavy atom.